The van der Waals surface area contributed by atoms with Crippen LogP contribution in [0.15, 0.2) is 36.4 Å². The van der Waals surface area contributed by atoms with E-state index in [1.54, 1.807) is 0 Å². The number of hydrogen-bond donors (Lipinski definition) is 0. The molecule has 2 aromatic rings. The maximum atomic E-state index is 13.2. The smallest absolute Gasteiger partial charge is 0.803 e. The number of carbonyl (C=O) groups excluding carboxylic acids is 2. The molecule has 0 amide bonds. The van der Waals surface area contributed by atoms with Crippen molar-refractivity contribution in [2.24, 2.45) is 0 Å². The summed E-state index contributed by atoms with van der Waals surface area (Å²) in [4.78, 5) is 49.6. The molecule has 0 spiro atoms. The van der Waals surface area contributed by atoms with Crippen molar-refractivity contribution in [1.29, 1.82) is 0 Å². The Labute approximate surface area is 281 Å². The Morgan fingerprint density at radius 3 is 1.36 bits per heavy atom. The zero-order valence-electron chi connectivity index (χ0n) is 24.8. The molecule has 0 saturated heterocycles. The van der Waals surface area contributed by atoms with Crippen LogP contribution in [0, 0.1) is 0 Å². The van der Waals surface area contributed by atoms with Gasteiger partial charge in [-0.25, -0.2) is 0 Å². The van der Waals surface area contributed by atoms with Gasteiger partial charge in [0, 0.05) is 0 Å². The van der Waals surface area contributed by atoms with E-state index in [-0.39, 0.29) is 94.2 Å². The second kappa shape index (κ2) is 17.1. The molecule has 0 aliphatic rings. The Balaban J connectivity index is 0.00000722. The van der Waals surface area contributed by atoms with Crippen LogP contribution in [0.4, 0.5) is 0 Å². The molecule has 0 aliphatic heterocycles. The SMILES string of the molecule is CC(C)c1cccc(C(C)C)c1OC(=O)CC(SP(=O)([O-])[O-])C(=O)Oc1c(C(C)C)cccc1C(C)C.[Na+].[Na+]. The van der Waals surface area contributed by atoms with Crippen LogP contribution in [0.2, 0.25) is 0 Å². The molecular weight excluding hydrogens is 557 g/mol. The first-order valence-electron chi connectivity index (χ1n) is 12.5. The van der Waals surface area contributed by atoms with E-state index in [0.29, 0.717) is 11.5 Å². The normalized spacial score (nSPS) is 12.3. The van der Waals surface area contributed by atoms with E-state index in [1.807, 2.05) is 91.8 Å². The van der Waals surface area contributed by atoms with Gasteiger partial charge in [0.2, 0.25) is 0 Å². The van der Waals surface area contributed by atoms with E-state index in [9.17, 15) is 23.9 Å². The van der Waals surface area contributed by atoms with E-state index in [0.717, 1.165) is 22.3 Å². The maximum absolute atomic E-state index is 13.2. The molecule has 0 bridgehead atoms. The molecule has 0 fully saturated rings. The number of ether oxygens (including phenoxy) is 2. The largest absolute Gasteiger partial charge is 1.00 e. The molecule has 2 rings (SSSR count). The fourth-order valence-electron chi connectivity index (χ4n) is 3.99. The first-order valence-corrected chi connectivity index (χ1v) is 15.5. The van der Waals surface area contributed by atoms with Crippen LogP contribution < -0.4 is 78.4 Å². The molecule has 39 heavy (non-hydrogen) atoms. The maximum Gasteiger partial charge on any atom is 1.00 e. The molecule has 0 radical (unpaired) electrons. The molecule has 2 aromatic carbocycles. The zero-order chi connectivity index (χ0) is 28.1. The zero-order valence-corrected chi connectivity index (χ0v) is 30.5. The molecule has 1 atom stereocenters. The molecule has 7 nitrogen and oxygen atoms in total. The van der Waals surface area contributed by atoms with E-state index in [2.05, 4.69) is 0 Å². The quantitative estimate of drug-likeness (QED) is 0.155. The van der Waals surface area contributed by atoms with Crippen LogP contribution in [-0.2, 0) is 14.2 Å². The van der Waals surface area contributed by atoms with Gasteiger partial charge in [-0.05, 0) is 52.7 Å². The van der Waals surface area contributed by atoms with Crippen molar-refractivity contribution in [3.63, 3.8) is 0 Å². The monoisotopic (exact) mass is 594 g/mol. The van der Waals surface area contributed by atoms with E-state index >= 15 is 0 Å². The van der Waals surface area contributed by atoms with Gasteiger partial charge in [-0.3, -0.25) is 9.59 Å². The topological polar surface area (TPSA) is 116 Å². The van der Waals surface area contributed by atoms with Crippen LogP contribution in [0.25, 0.3) is 0 Å². The van der Waals surface area contributed by atoms with E-state index < -0.39 is 30.4 Å². The Hall–Kier alpha value is -0.120. The number of carbonyl (C=O) groups is 2. The van der Waals surface area contributed by atoms with Gasteiger partial charge in [-0.1, -0.05) is 91.8 Å². The van der Waals surface area contributed by atoms with Crippen molar-refractivity contribution in [3.05, 3.63) is 58.7 Å². The van der Waals surface area contributed by atoms with Crippen molar-refractivity contribution in [2.75, 3.05) is 0 Å². The Bertz CT molecular complexity index is 1110. The van der Waals surface area contributed by atoms with Crippen LogP contribution in [0.5, 0.6) is 11.5 Å². The minimum atomic E-state index is -5.22. The number of benzene rings is 2. The fourth-order valence-corrected chi connectivity index (χ4v) is 6.07. The average Bonchev–Trinajstić information content (AvgIpc) is 2.77. The summed E-state index contributed by atoms with van der Waals surface area (Å²) in [6.07, 6.45) is -0.636. The molecule has 0 saturated carbocycles. The molecule has 0 N–H and O–H groups in total. The number of esters is 2. The van der Waals surface area contributed by atoms with Crippen LogP contribution in [0.3, 0.4) is 0 Å². The fraction of sp³-hybridized carbons (Fsp3) is 0.500. The summed E-state index contributed by atoms with van der Waals surface area (Å²) >= 11 is -0.113. The summed E-state index contributed by atoms with van der Waals surface area (Å²) < 4.78 is 23.1. The van der Waals surface area contributed by atoms with Crippen molar-refractivity contribution < 1.29 is 92.5 Å². The second-order valence-electron chi connectivity index (χ2n) is 10.3. The molecular formula is C28H37Na2O7PS. The average molecular weight is 595 g/mol. The Kier molecular flexibility index (Phi) is 17.1. The molecule has 1 unspecified atom stereocenters. The van der Waals surface area contributed by atoms with Gasteiger partial charge >= 0.3 is 71.1 Å². The molecule has 204 valence electrons. The van der Waals surface area contributed by atoms with Crippen molar-refractivity contribution in [1.82, 2.24) is 0 Å². The van der Waals surface area contributed by atoms with Crippen LogP contribution in [-0.4, -0.2) is 17.2 Å². The summed E-state index contributed by atoms with van der Waals surface area (Å²) in [5, 5.41) is -1.58. The predicted molar refractivity (Wildman–Crippen MR) is 144 cm³/mol. The van der Waals surface area contributed by atoms with E-state index in [4.69, 9.17) is 9.47 Å². The minimum Gasteiger partial charge on any atom is -0.803 e. The standard InChI is InChI=1S/C28H39O7PS.2Na/c1-16(2)20-11-9-12-21(17(3)4)26(20)34-25(29)15-24(37-36(31,32)33)28(30)35-27-22(18(5)6)13-10-14-23(27)19(7)8;;/h9-14,16-19,24H,15H2,1-8H3,(H2,31,32,33);;/q;2*+1/p-2. The number of hydrogen-bond acceptors (Lipinski definition) is 8. The van der Waals surface area contributed by atoms with Crippen molar-refractivity contribution in [3.8, 4) is 11.5 Å². The van der Waals surface area contributed by atoms with Crippen LogP contribution >= 0.6 is 18.2 Å². The summed E-state index contributed by atoms with van der Waals surface area (Å²) in [6.45, 7) is 10.4. The summed E-state index contributed by atoms with van der Waals surface area (Å²) in [7, 11) is 0. The van der Waals surface area contributed by atoms with Crippen LogP contribution in [0.1, 0.15) is 108 Å². The third-order valence-electron chi connectivity index (χ3n) is 5.93. The third kappa shape index (κ3) is 11.6. The van der Waals surface area contributed by atoms with Gasteiger partial charge in [0.15, 0.2) is 0 Å². The predicted octanol–water partition coefficient (Wildman–Crippen LogP) is 0.0198. The third-order valence-corrected chi connectivity index (χ3v) is 8.34. The van der Waals surface area contributed by atoms with Gasteiger partial charge in [-0.2, -0.15) is 0 Å². The van der Waals surface area contributed by atoms with E-state index in [1.165, 1.54) is 0 Å². The van der Waals surface area contributed by atoms with Gasteiger partial charge < -0.3 is 23.8 Å². The van der Waals surface area contributed by atoms with Gasteiger partial charge in [0.05, 0.1) is 6.42 Å². The minimum absolute atomic E-state index is 0. The Morgan fingerprint density at radius 2 is 1.05 bits per heavy atom. The van der Waals surface area contributed by atoms with Crippen molar-refractivity contribution >= 4 is 30.1 Å². The Morgan fingerprint density at radius 1 is 0.718 bits per heavy atom. The summed E-state index contributed by atoms with van der Waals surface area (Å²) in [5.41, 5.74) is 3.17. The summed E-state index contributed by atoms with van der Waals surface area (Å²) in [5.74, 6) is -0.924. The molecule has 11 heteroatoms. The first kappa shape index (κ1) is 38.9. The van der Waals surface area contributed by atoms with Crippen molar-refractivity contribution in [2.45, 2.75) is 90.7 Å². The first-order chi connectivity index (χ1) is 17.1. The van der Waals surface area contributed by atoms with Gasteiger partial charge in [-0.15, -0.1) is 11.4 Å². The molecule has 0 aliphatic carbocycles. The summed E-state index contributed by atoms with van der Waals surface area (Å²) in [6, 6.07) is 11.1. The van der Waals surface area contributed by atoms with Gasteiger partial charge in [0.25, 0.3) is 0 Å². The molecule has 0 heterocycles. The molecule has 0 aromatic heterocycles. The second-order valence-corrected chi connectivity index (χ2v) is 13.9. The number of rotatable bonds is 11. The number of para-hydroxylation sites is 2. The van der Waals surface area contributed by atoms with Gasteiger partial charge in [0.1, 0.15) is 16.7 Å².